The molecule has 98 valence electrons. The lowest BCUT2D eigenvalue weighted by Gasteiger charge is -2.28. The van der Waals surface area contributed by atoms with Crippen LogP contribution in [-0.4, -0.2) is 23.2 Å². The molecule has 3 heteroatoms. The van der Waals surface area contributed by atoms with Crippen molar-refractivity contribution in [3.05, 3.63) is 35.4 Å². The van der Waals surface area contributed by atoms with Gasteiger partial charge in [0.2, 0.25) is 5.91 Å². The van der Waals surface area contributed by atoms with Crippen molar-refractivity contribution in [2.75, 3.05) is 6.61 Å². The summed E-state index contributed by atoms with van der Waals surface area (Å²) in [6.45, 7) is 3.97. The maximum absolute atomic E-state index is 12.0. The van der Waals surface area contributed by atoms with Gasteiger partial charge in [0.05, 0.1) is 18.6 Å². The number of aryl methyl sites for hydroxylation is 1. The predicted octanol–water partition coefficient (Wildman–Crippen LogP) is 1.81. The number of amides is 1. The number of benzene rings is 1. The molecule has 0 radical (unpaired) electrons. The molecule has 18 heavy (non-hydrogen) atoms. The molecule has 0 heterocycles. The van der Waals surface area contributed by atoms with Crippen LogP contribution in [0.3, 0.4) is 0 Å². The van der Waals surface area contributed by atoms with Gasteiger partial charge >= 0.3 is 0 Å². The van der Waals surface area contributed by atoms with Crippen LogP contribution < -0.4 is 5.32 Å². The Hall–Kier alpha value is -1.35. The molecule has 1 saturated carbocycles. The zero-order valence-electron chi connectivity index (χ0n) is 11.1. The Bertz CT molecular complexity index is 423. The van der Waals surface area contributed by atoms with E-state index in [0.717, 1.165) is 18.4 Å². The van der Waals surface area contributed by atoms with Gasteiger partial charge in [0.1, 0.15) is 0 Å². The largest absolute Gasteiger partial charge is 0.394 e. The van der Waals surface area contributed by atoms with Gasteiger partial charge in [-0.05, 0) is 38.2 Å². The highest BCUT2D eigenvalue weighted by molar-refractivity contribution is 5.79. The van der Waals surface area contributed by atoms with Crippen LogP contribution in [-0.2, 0) is 11.2 Å². The minimum atomic E-state index is -0.443. The Morgan fingerprint density at radius 2 is 2.00 bits per heavy atom. The van der Waals surface area contributed by atoms with Crippen LogP contribution in [0.15, 0.2) is 24.3 Å². The molecular weight excluding hydrogens is 226 g/mol. The molecule has 1 aromatic carbocycles. The van der Waals surface area contributed by atoms with Gasteiger partial charge in [-0.2, -0.15) is 0 Å². The molecule has 3 nitrogen and oxygen atoms in total. The van der Waals surface area contributed by atoms with Crippen molar-refractivity contribution < 1.29 is 9.90 Å². The van der Waals surface area contributed by atoms with Gasteiger partial charge < -0.3 is 10.4 Å². The summed E-state index contributed by atoms with van der Waals surface area (Å²) >= 11 is 0. The van der Waals surface area contributed by atoms with Gasteiger partial charge in [0, 0.05) is 0 Å². The van der Waals surface area contributed by atoms with E-state index in [4.69, 9.17) is 0 Å². The second kappa shape index (κ2) is 5.11. The Kier molecular flexibility index (Phi) is 3.71. The number of rotatable bonds is 5. The van der Waals surface area contributed by atoms with Crippen molar-refractivity contribution in [1.82, 2.24) is 5.32 Å². The van der Waals surface area contributed by atoms with E-state index >= 15 is 0 Å². The highest BCUT2D eigenvalue weighted by Crippen LogP contribution is 2.39. The molecule has 0 spiro atoms. The van der Waals surface area contributed by atoms with Crippen LogP contribution in [0.1, 0.15) is 30.9 Å². The summed E-state index contributed by atoms with van der Waals surface area (Å²) < 4.78 is 0. The first kappa shape index (κ1) is 13.1. The maximum atomic E-state index is 12.0. The van der Waals surface area contributed by atoms with Gasteiger partial charge in [-0.15, -0.1) is 0 Å². The van der Waals surface area contributed by atoms with E-state index < -0.39 is 5.54 Å². The molecule has 2 N–H and O–H groups in total. The Labute approximate surface area is 108 Å². The average molecular weight is 247 g/mol. The van der Waals surface area contributed by atoms with Crippen LogP contribution in [0, 0.1) is 12.8 Å². The van der Waals surface area contributed by atoms with Crippen molar-refractivity contribution in [3.63, 3.8) is 0 Å². The number of hydrogen-bond acceptors (Lipinski definition) is 2. The lowest BCUT2D eigenvalue weighted by atomic mass is 9.96. The van der Waals surface area contributed by atoms with Gasteiger partial charge in [0.15, 0.2) is 0 Å². The third-order valence-electron chi connectivity index (χ3n) is 3.72. The fraction of sp³-hybridized carbons (Fsp3) is 0.533. The van der Waals surface area contributed by atoms with Crippen LogP contribution in [0.25, 0.3) is 0 Å². The highest BCUT2D eigenvalue weighted by atomic mass is 16.3. The van der Waals surface area contributed by atoms with Crippen LogP contribution in [0.4, 0.5) is 0 Å². The normalized spacial score (nSPS) is 18.2. The van der Waals surface area contributed by atoms with E-state index in [1.54, 1.807) is 0 Å². The second-order valence-electron chi connectivity index (χ2n) is 5.56. The minimum absolute atomic E-state index is 0.0112. The molecule has 0 saturated heterocycles. The van der Waals surface area contributed by atoms with E-state index in [9.17, 15) is 9.90 Å². The van der Waals surface area contributed by atoms with Gasteiger partial charge in [-0.25, -0.2) is 0 Å². The second-order valence-corrected chi connectivity index (χ2v) is 5.56. The summed E-state index contributed by atoms with van der Waals surface area (Å²) in [6.07, 6.45) is 2.58. The zero-order valence-corrected chi connectivity index (χ0v) is 11.1. The number of aliphatic hydroxyl groups excluding tert-OH is 1. The standard InChI is InChI=1S/C15H21NO2/c1-11-3-5-12(6-4-11)9-14(18)16-15(2,10-17)13-7-8-13/h3-6,13,17H,7-10H2,1-2H3,(H,16,18). The number of nitrogens with one attached hydrogen (secondary N) is 1. The van der Waals surface area contributed by atoms with Crippen LogP contribution in [0.5, 0.6) is 0 Å². The van der Waals surface area contributed by atoms with E-state index in [-0.39, 0.29) is 12.5 Å². The lowest BCUT2D eigenvalue weighted by molar-refractivity contribution is -0.123. The topological polar surface area (TPSA) is 49.3 Å². The van der Waals surface area contributed by atoms with Gasteiger partial charge in [-0.3, -0.25) is 4.79 Å². The molecule has 1 atom stereocenters. The Balaban J connectivity index is 1.93. The van der Waals surface area contributed by atoms with Crippen molar-refractivity contribution in [2.24, 2.45) is 5.92 Å². The molecule has 1 amide bonds. The third-order valence-corrected chi connectivity index (χ3v) is 3.72. The number of carbonyl (C=O) groups is 1. The van der Waals surface area contributed by atoms with Crippen molar-refractivity contribution in [1.29, 1.82) is 0 Å². The fourth-order valence-corrected chi connectivity index (χ4v) is 2.25. The molecule has 0 aliphatic heterocycles. The predicted molar refractivity (Wildman–Crippen MR) is 71.2 cm³/mol. The average Bonchev–Trinajstić information content (AvgIpc) is 3.16. The molecule has 2 rings (SSSR count). The molecule has 1 aliphatic rings. The molecule has 1 fully saturated rings. The molecule has 1 aliphatic carbocycles. The minimum Gasteiger partial charge on any atom is -0.394 e. The van der Waals surface area contributed by atoms with Crippen molar-refractivity contribution >= 4 is 5.91 Å². The smallest absolute Gasteiger partial charge is 0.224 e. The Morgan fingerprint density at radius 3 is 2.50 bits per heavy atom. The van der Waals surface area contributed by atoms with E-state index in [0.29, 0.717) is 12.3 Å². The van der Waals surface area contributed by atoms with Crippen molar-refractivity contribution in [2.45, 2.75) is 38.6 Å². The lowest BCUT2D eigenvalue weighted by Crippen LogP contribution is -2.51. The maximum Gasteiger partial charge on any atom is 0.224 e. The summed E-state index contributed by atoms with van der Waals surface area (Å²) in [5.41, 5.74) is 1.76. The monoisotopic (exact) mass is 247 g/mol. The summed E-state index contributed by atoms with van der Waals surface area (Å²) in [6, 6.07) is 7.97. The Morgan fingerprint density at radius 1 is 1.39 bits per heavy atom. The van der Waals surface area contributed by atoms with Crippen LogP contribution in [0.2, 0.25) is 0 Å². The zero-order chi connectivity index (χ0) is 13.2. The number of aliphatic hydroxyl groups is 1. The molecule has 0 aromatic heterocycles. The van der Waals surface area contributed by atoms with E-state index in [1.807, 2.05) is 38.1 Å². The van der Waals surface area contributed by atoms with E-state index in [1.165, 1.54) is 5.56 Å². The molecule has 1 aromatic rings. The van der Waals surface area contributed by atoms with Crippen LogP contribution >= 0.6 is 0 Å². The summed E-state index contributed by atoms with van der Waals surface area (Å²) in [4.78, 5) is 12.0. The fourth-order valence-electron chi connectivity index (χ4n) is 2.25. The third kappa shape index (κ3) is 3.10. The SMILES string of the molecule is Cc1ccc(CC(=O)NC(C)(CO)C2CC2)cc1. The van der Waals surface area contributed by atoms with Crippen molar-refractivity contribution in [3.8, 4) is 0 Å². The molecule has 0 bridgehead atoms. The molecule has 1 unspecified atom stereocenters. The first-order valence-electron chi connectivity index (χ1n) is 6.51. The molecular formula is C15H21NO2. The van der Waals surface area contributed by atoms with Gasteiger partial charge in [-0.1, -0.05) is 29.8 Å². The van der Waals surface area contributed by atoms with E-state index in [2.05, 4.69) is 5.32 Å². The summed E-state index contributed by atoms with van der Waals surface area (Å²) in [7, 11) is 0. The summed E-state index contributed by atoms with van der Waals surface area (Å²) in [5, 5.41) is 12.4. The van der Waals surface area contributed by atoms with Gasteiger partial charge in [0.25, 0.3) is 0 Å². The quantitative estimate of drug-likeness (QED) is 0.833. The first-order valence-corrected chi connectivity index (χ1v) is 6.51. The number of carbonyl (C=O) groups excluding carboxylic acids is 1. The highest BCUT2D eigenvalue weighted by Gasteiger charge is 2.41. The number of hydrogen-bond donors (Lipinski definition) is 2. The first-order chi connectivity index (χ1) is 8.53. The summed E-state index contributed by atoms with van der Waals surface area (Å²) in [5.74, 6) is 0.423.